The molecule has 6 heteroatoms. The molecule has 1 atom stereocenters. The zero-order chi connectivity index (χ0) is 11.4. The molecule has 0 aliphatic heterocycles. The van der Waals surface area contributed by atoms with E-state index in [9.17, 15) is 13.6 Å². The molecule has 1 aromatic carbocycles. The second-order valence-electron chi connectivity index (χ2n) is 3.05. The van der Waals surface area contributed by atoms with Crippen LogP contribution in [0.25, 0.3) is 0 Å². The van der Waals surface area contributed by atoms with E-state index in [0.717, 1.165) is 18.2 Å². The number of nitrogens with two attached hydrogens (primary N) is 2. The van der Waals surface area contributed by atoms with Gasteiger partial charge in [-0.3, -0.25) is 10.2 Å². The SMILES string of the molecule is NNC(=O)C(N)Cc1cc(F)ccc1F. The summed E-state index contributed by atoms with van der Waals surface area (Å²) in [4.78, 5) is 10.9. The van der Waals surface area contributed by atoms with Crippen LogP contribution in [-0.4, -0.2) is 11.9 Å². The van der Waals surface area contributed by atoms with Crippen LogP contribution in [0.2, 0.25) is 0 Å². The first-order valence-corrected chi connectivity index (χ1v) is 4.24. The summed E-state index contributed by atoms with van der Waals surface area (Å²) in [5.74, 6) is 3.04. The summed E-state index contributed by atoms with van der Waals surface area (Å²) >= 11 is 0. The van der Waals surface area contributed by atoms with Crippen LogP contribution in [0.4, 0.5) is 8.78 Å². The van der Waals surface area contributed by atoms with E-state index in [1.165, 1.54) is 0 Å². The Morgan fingerprint density at radius 3 is 2.73 bits per heavy atom. The van der Waals surface area contributed by atoms with Crippen molar-refractivity contribution in [1.82, 2.24) is 5.43 Å². The fourth-order valence-corrected chi connectivity index (χ4v) is 1.14. The molecule has 15 heavy (non-hydrogen) atoms. The molecule has 82 valence electrons. The van der Waals surface area contributed by atoms with Gasteiger partial charge in [-0.1, -0.05) is 0 Å². The number of hydrogen-bond donors (Lipinski definition) is 3. The minimum atomic E-state index is -0.994. The van der Waals surface area contributed by atoms with Gasteiger partial charge in [0.1, 0.15) is 11.6 Å². The lowest BCUT2D eigenvalue weighted by Gasteiger charge is -2.10. The van der Waals surface area contributed by atoms with Crippen molar-refractivity contribution in [1.29, 1.82) is 0 Å². The van der Waals surface area contributed by atoms with Crippen LogP contribution in [0.3, 0.4) is 0 Å². The number of carbonyl (C=O) groups excluding carboxylic acids is 1. The Morgan fingerprint density at radius 1 is 1.47 bits per heavy atom. The second kappa shape index (κ2) is 4.81. The van der Waals surface area contributed by atoms with Crippen LogP contribution in [-0.2, 0) is 11.2 Å². The Hall–Kier alpha value is -1.53. The third-order valence-corrected chi connectivity index (χ3v) is 1.93. The van der Waals surface area contributed by atoms with Gasteiger partial charge in [0.25, 0.3) is 5.91 Å². The Morgan fingerprint density at radius 2 is 2.13 bits per heavy atom. The van der Waals surface area contributed by atoms with Gasteiger partial charge in [-0.2, -0.15) is 0 Å². The molecule has 5 N–H and O–H groups in total. The van der Waals surface area contributed by atoms with Crippen molar-refractivity contribution in [2.75, 3.05) is 0 Å². The van der Waals surface area contributed by atoms with Crippen LogP contribution in [0.1, 0.15) is 5.56 Å². The van der Waals surface area contributed by atoms with Crippen molar-refractivity contribution in [3.63, 3.8) is 0 Å². The molecular formula is C9H11F2N3O. The fourth-order valence-electron chi connectivity index (χ4n) is 1.14. The van der Waals surface area contributed by atoms with Gasteiger partial charge in [-0.15, -0.1) is 0 Å². The molecule has 0 heterocycles. The number of hydrogen-bond acceptors (Lipinski definition) is 3. The van der Waals surface area contributed by atoms with Crippen LogP contribution >= 0.6 is 0 Å². The van der Waals surface area contributed by atoms with E-state index < -0.39 is 23.6 Å². The Balaban J connectivity index is 2.80. The summed E-state index contributed by atoms with van der Waals surface area (Å²) < 4.78 is 25.9. The van der Waals surface area contributed by atoms with Gasteiger partial charge >= 0.3 is 0 Å². The monoisotopic (exact) mass is 215 g/mol. The first-order valence-electron chi connectivity index (χ1n) is 4.24. The molecule has 1 aromatic rings. The van der Waals surface area contributed by atoms with Gasteiger partial charge in [0, 0.05) is 0 Å². The normalized spacial score (nSPS) is 12.3. The van der Waals surface area contributed by atoms with Crippen molar-refractivity contribution in [3.05, 3.63) is 35.4 Å². The van der Waals surface area contributed by atoms with E-state index in [1.54, 1.807) is 0 Å². The van der Waals surface area contributed by atoms with Gasteiger partial charge in [0.05, 0.1) is 6.04 Å². The van der Waals surface area contributed by atoms with E-state index in [4.69, 9.17) is 11.6 Å². The van der Waals surface area contributed by atoms with Crippen molar-refractivity contribution in [2.45, 2.75) is 12.5 Å². The summed E-state index contributed by atoms with van der Waals surface area (Å²) in [5, 5.41) is 0. The highest BCUT2D eigenvalue weighted by atomic mass is 19.1. The molecule has 0 fully saturated rings. The summed E-state index contributed by atoms with van der Waals surface area (Å²) in [7, 11) is 0. The number of carbonyl (C=O) groups is 1. The number of rotatable bonds is 3. The maximum atomic E-state index is 13.1. The molecule has 0 spiro atoms. The summed E-state index contributed by atoms with van der Waals surface area (Å²) in [6, 6.07) is 1.98. The average Bonchev–Trinajstić information content (AvgIpc) is 2.22. The lowest BCUT2D eigenvalue weighted by molar-refractivity contribution is -0.122. The molecule has 0 bridgehead atoms. The topological polar surface area (TPSA) is 81.1 Å². The predicted octanol–water partition coefficient (Wildman–Crippen LogP) is -0.175. The molecule has 0 aliphatic carbocycles. The maximum Gasteiger partial charge on any atom is 0.251 e. The Bertz CT molecular complexity index is 370. The van der Waals surface area contributed by atoms with Gasteiger partial charge in [-0.05, 0) is 30.2 Å². The van der Waals surface area contributed by atoms with E-state index in [1.807, 2.05) is 5.43 Å². The van der Waals surface area contributed by atoms with Crippen LogP contribution in [0.15, 0.2) is 18.2 Å². The first kappa shape index (κ1) is 11.5. The van der Waals surface area contributed by atoms with Gasteiger partial charge in [-0.25, -0.2) is 14.6 Å². The molecule has 1 unspecified atom stereocenters. The largest absolute Gasteiger partial charge is 0.320 e. The maximum absolute atomic E-state index is 13.1. The molecule has 1 rings (SSSR count). The fraction of sp³-hybridized carbons (Fsp3) is 0.222. The third kappa shape index (κ3) is 2.97. The van der Waals surface area contributed by atoms with Crippen LogP contribution < -0.4 is 17.0 Å². The molecule has 0 aromatic heterocycles. The lowest BCUT2D eigenvalue weighted by Crippen LogP contribution is -2.45. The summed E-state index contributed by atoms with van der Waals surface area (Å²) in [6.45, 7) is 0. The predicted molar refractivity (Wildman–Crippen MR) is 50.4 cm³/mol. The minimum Gasteiger partial charge on any atom is -0.320 e. The first-order chi connectivity index (χ1) is 7.04. The Labute approximate surface area is 85.2 Å². The van der Waals surface area contributed by atoms with Crippen LogP contribution in [0, 0.1) is 11.6 Å². The summed E-state index contributed by atoms with van der Waals surface area (Å²) in [5.41, 5.74) is 7.28. The van der Waals surface area contributed by atoms with Gasteiger partial charge in [0.15, 0.2) is 0 Å². The highest BCUT2D eigenvalue weighted by Crippen LogP contribution is 2.11. The third-order valence-electron chi connectivity index (χ3n) is 1.93. The second-order valence-corrected chi connectivity index (χ2v) is 3.05. The standard InChI is InChI=1S/C9H11F2N3O/c10-6-1-2-7(11)5(3-6)4-8(12)9(15)14-13/h1-3,8H,4,12-13H2,(H,14,15). The number of benzene rings is 1. The van der Waals surface area contributed by atoms with Gasteiger partial charge < -0.3 is 5.73 Å². The van der Waals surface area contributed by atoms with E-state index in [0.29, 0.717) is 0 Å². The zero-order valence-electron chi connectivity index (χ0n) is 7.84. The van der Waals surface area contributed by atoms with Crippen molar-refractivity contribution < 1.29 is 13.6 Å². The smallest absolute Gasteiger partial charge is 0.251 e. The lowest BCUT2D eigenvalue weighted by atomic mass is 10.1. The quantitative estimate of drug-likeness (QED) is 0.372. The molecule has 0 aliphatic rings. The number of halogens is 2. The van der Waals surface area contributed by atoms with E-state index in [2.05, 4.69) is 0 Å². The highest BCUT2D eigenvalue weighted by molar-refractivity contribution is 5.81. The Kier molecular flexibility index (Phi) is 3.70. The number of hydrazine groups is 1. The molecular weight excluding hydrogens is 204 g/mol. The van der Waals surface area contributed by atoms with Crippen molar-refractivity contribution in [3.8, 4) is 0 Å². The average molecular weight is 215 g/mol. The molecule has 4 nitrogen and oxygen atoms in total. The van der Waals surface area contributed by atoms with Gasteiger partial charge in [0.2, 0.25) is 0 Å². The number of nitrogens with one attached hydrogen (secondary N) is 1. The molecule has 1 amide bonds. The number of amides is 1. The van der Waals surface area contributed by atoms with Crippen molar-refractivity contribution >= 4 is 5.91 Å². The highest BCUT2D eigenvalue weighted by Gasteiger charge is 2.15. The molecule has 0 saturated carbocycles. The van der Waals surface area contributed by atoms with E-state index in [-0.39, 0.29) is 12.0 Å². The van der Waals surface area contributed by atoms with Crippen LogP contribution in [0.5, 0.6) is 0 Å². The summed E-state index contributed by atoms with van der Waals surface area (Å²) in [6.07, 6.45) is -0.105. The van der Waals surface area contributed by atoms with Crippen molar-refractivity contribution in [2.24, 2.45) is 11.6 Å². The zero-order valence-corrected chi connectivity index (χ0v) is 7.84. The molecule has 0 saturated heterocycles. The van der Waals surface area contributed by atoms with E-state index >= 15 is 0 Å². The minimum absolute atomic E-state index is 0.0473. The molecule has 0 radical (unpaired) electrons.